The molecule has 0 aromatic rings. The summed E-state index contributed by atoms with van der Waals surface area (Å²) in [6.07, 6.45) is 5.56. The van der Waals surface area contributed by atoms with Gasteiger partial charge in [-0.2, -0.15) is 0 Å². The largest absolute Gasteiger partial charge is 0.390 e. The monoisotopic (exact) mass is 338 g/mol. The minimum Gasteiger partial charge on any atom is -0.390 e. The summed E-state index contributed by atoms with van der Waals surface area (Å²) in [5.74, 6) is -0.503. The van der Waals surface area contributed by atoms with Gasteiger partial charge in [0.1, 0.15) is 6.10 Å². The Balaban J connectivity index is 2.55. The van der Waals surface area contributed by atoms with Gasteiger partial charge in [-0.15, -0.1) is 0 Å². The molecule has 7 atom stereocenters. The molecule has 2 aliphatic rings. The molecule has 138 valence electrons. The highest BCUT2D eigenvalue weighted by atomic mass is 16.4. The van der Waals surface area contributed by atoms with Crippen LogP contribution in [-0.2, 0) is 0 Å². The second-order valence-corrected chi connectivity index (χ2v) is 9.25. The molecule has 0 unspecified atom stereocenters. The molecule has 2 saturated carbocycles. The van der Waals surface area contributed by atoms with Crippen LogP contribution in [0, 0.1) is 22.7 Å². The quantitative estimate of drug-likeness (QED) is 0.596. The van der Waals surface area contributed by atoms with Crippen molar-refractivity contribution >= 4 is 0 Å². The van der Waals surface area contributed by atoms with Crippen molar-refractivity contribution in [1.29, 1.82) is 0 Å². The van der Waals surface area contributed by atoms with Crippen LogP contribution in [0.2, 0.25) is 0 Å². The molecule has 2 aliphatic carbocycles. The molecule has 24 heavy (non-hydrogen) atoms. The summed E-state index contributed by atoms with van der Waals surface area (Å²) < 4.78 is 0. The van der Waals surface area contributed by atoms with Gasteiger partial charge >= 0.3 is 0 Å². The Morgan fingerprint density at radius 3 is 2.25 bits per heavy atom. The van der Waals surface area contributed by atoms with E-state index in [1.807, 2.05) is 6.08 Å². The van der Waals surface area contributed by atoms with E-state index in [2.05, 4.69) is 27.4 Å². The molecule has 0 radical (unpaired) electrons. The first-order valence-corrected chi connectivity index (χ1v) is 8.93. The lowest BCUT2D eigenvalue weighted by Gasteiger charge is -2.63. The molecule has 0 saturated heterocycles. The summed E-state index contributed by atoms with van der Waals surface area (Å²) in [4.78, 5) is 0. The highest BCUT2D eigenvalue weighted by molar-refractivity contribution is 5.21. The van der Waals surface area contributed by atoms with Crippen molar-refractivity contribution in [3.8, 4) is 0 Å². The van der Waals surface area contributed by atoms with Gasteiger partial charge in [-0.05, 0) is 43.4 Å². The lowest BCUT2D eigenvalue weighted by Crippen LogP contribution is -2.69. The summed E-state index contributed by atoms with van der Waals surface area (Å²) in [6, 6.07) is 0. The summed E-state index contributed by atoms with van der Waals surface area (Å²) >= 11 is 0. The van der Waals surface area contributed by atoms with E-state index in [0.717, 1.165) is 19.3 Å². The van der Waals surface area contributed by atoms with Crippen molar-refractivity contribution in [2.45, 2.75) is 77.3 Å². The Labute approximate surface area is 145 Å². The third-order valence-electron chi connectivity index (χ3n) is 6.73. The normalized spacial score (nSPS) is 47.9. The van der Waals surface area contributed by atoms with Gasteiger partial charge in [0, 0.05) is 5.92 Å². The SMILES string of the molecule is C=C[C@@](C)(O)/C=C/[C@H]1[C@](C)(O)[C@@H](O)[C@H](O)[C@H]2C(C)(C)CCC[C@]21C. The maximum Gasteiger partial charge on any atom is 0.109 e. The molecule has 0 bridgehead atoms. The summed E-state index contributed by atoms with van der Waals surface area (Å²) in [5, 5.41) is 42.7. The predicted octanol–water partition coefficient (Wildman–Crippen LogP) is 2.41. The van der Waals surface area contributed by atoms with Crippen LogP contribution in [0.25, 0.3) is 0 Å². The molecule has 0 aliphatic heterocycles. The van der Waals surface area contributed by atoms with Crippen LogP contribution in [0.3, 0.4) is 0 Å². The topological polar surface area (TPSA) is 80.9 Å². The molecule has 4 N–H and O–H groups in total. The number of fused-ring (bicyclic) bond motifs is 1. The third-order valence-corrected chi connectivity index (χ3v) is 6.73. The fraction of sp³-hybridized carbons (Fsp3) is 0.800. The maximum atomic E-state index is 11.0. The van der Waals surface area contributed by atoms with Crippen LogP contribution in [0.5, 0.6) is 0 Å². The van der Waals surface area contributed by atoms with Crippen LogP contribution in [0.1, 0.15) is 53.9 Å². The van der Waals surface area contributed by atoms with E-state index in [0.29, 0.717) is 0 Å². The second kappa shape index (κ2) is 5.94. The Bertz CT molecular complexity index is 520. The van der Waals surface area contributed by atoms with Gasteiger partial charge in [-0.1, -0.05) is 52.0 Å². The molecule has 0 heterocycles. The molecule has 0 amide bonds. The zero-order chi connectivity index (χ0) is 18.6. The number of aliphatic hydroxyl groups excluding tert-OH is 2. The van der Waals surface area contributed by atoms with Gasteiger partial charge in [-0.3, -0.25) is 0 Å². The minimum absolute atomic E-state index is 0.127. The zero-order valence-electron chi connectivity index (χ0n) is 15.7. The van der Waals surface area contributed by atoms with Crippen molar-refractivity contribution in [2.24, 2.45) is 22.7 Å². The summed E-state index contributed by atoms with van der Waals surface area (Å²) in [5.41, 5.74) is -3.13. The molecular weight excluding hydrogens is 304 g/mol. The van der Waals surface area contributed by atoms with Crippen molar-refractivity contribution in [3.63, 3.8) is 0 Å². The van der Waals surface area contributed by atoms with Crippen molar-refractivity contribution < 1.29 is 20.4 Å². The molecule has 4 nitrogen and oxygen atoms in total. The average Bonchev–Trinajstić information content (AvgIpc) is 2.43. The predicted molar refractivity (Wildman–Crippen MR) is 95.3 cm³/mol. The highest BCUT2D eigenvalue weighted by Gasteiger charge is 2.64. The second-order valence-electron chi connectivity index (χ2n) is 9.25. The van der Waals surface area contributed by atoms with Gasteiger partial charge in [0.2, 0.25) is 0 Å². The molecule has 2 rings (SSSR count). The average molecular weight is 338 g/mol. The highest BCUT2D eigenvalue weighted by Crippen LogP contribution is 2.62. The molecule has 4 heteroatoms. The lowest BCUT2D eigenvalue weighted by atomic mass is 9.44. The Hall–Kier alpha value is -0.680. The van der Waals surface area contributed by atoms with Crippen LogP contribution >= 0.6 is 0 Å². The van der Waals surface area contributed by atoms with E-state index < -0.39 is 23.4 Å². The molecule has 2 fully saturated rings. The third kappa shape index (κ3) is 2.98. The van der Waals surface area contributed by atoms with Crippen LogP contribution in [0.15, 0.2) is 24.8 Å². The van der Waals surface area contributed by atoms with Crippen molar-refractivity contribution in [1.82, 2.24) is 0 Å². The van der Waals surface area contributed by atoms with Gasteiger partial charge < -0.3 is 20.4 Å². The molecule has 0 aromatic carbocycles. The van der Waals surface area contributed by atoms with Gasteiger partial charge in [0.15, 0.2) is 0 Å². The first kappa shape index (κ1) is 19.6. The lowest BCUT2D eigenvalue weighted by molar-refractivity contribution is -0.255. The zero-order valence-corrected chi connectivity index (χ0v) is 15.7. The molecule has 0 aromatic heterocycles. The summed E-state index contributed by atoms with van der Waals surface area (Å²) in [6.45, 7) is 13.2. The fourth-order valence-electron chi connectivity index (χ4n) is 5.48. The Kier molecular flexibility index (Phi) is 4.86. The first-order valence-electron chi connectivity index (χ1n) is 8.93. The fourth-order valence-corrected chi connectivity index (χ4v) is 5.48. The standard InChI is InChI=1S/C20H34O4/c1-7-18(4,23)12-9-13-19(5)11-8-10-17(2,3)15(19)14(21)16(22)20(13,6)24/h7,9,12-16,21-24H,1,8,10-11H2,2-6H3/b12-9+/t13-,14-,15+,16+,18-,19+,20+/m1/s1. The van der Waals surface area contributed by atoms with Gasteiger partial charge in [0.25, 0.3) is 0 Å². The van der Waals surface area contributed by atoms with Crippen LogP contribution in [-0.4, -0.2) is 43.8 Å². The van der Waals surface area contributed by atoms with E-state index in [1.165, 1.54) is 6.08 Å². The number of hydrogen-bond donors (Lipinski definition) is 4. The van der Waals surface area contributed by atoms with Crippen LogP contribution < -0.4 is 0 Å². The van der Waals surface area contributed by atoms with Crippen molar-refractivity contribution in [2.75, 3.05) is 0 Å². The van der Waals surface area contributed by atoms with E-state index in [4.69, 9.17) is 0 Å². The maximum absolute atomic E-state index is 11.0. The smallest absolute Gasteiger partial charge is 0.109 e. The summed E-state index contributed by atoms with van der Waals surface area (Å²) in [7, 11) is 0. The van der Waals surface area contributed by atoms with Crippen molar-refractivity contribution in [3.05, 3.63) is 24.8 Å². The van der Waals surface area contributed by atoms with E-state index in [9.17, 15) is 20.4 Å². The number of aliphatic hydroxyl groups is 4. The van der Waals surface area contributed by atoms with E-state index in [-0.39, 0.29) is 22.7 Å². The van der Waals surface area contributed by atoms with E-state index >= 15 is 0 Å². The van der Waals surface area contributed by atoms with Crippen LogP contribution in [0.4, 0.5) is 0 Å². The number of rotatable bonds is 3. The van der Waals surface area contributed by atoms with Gasteiger partial charge in [0.05, 0.1) is 17.3 Å². The van der Waals surface area contributed by atoms with E-state index in [1.54, 1.807) is 19.9 Å². The Morgan fingerprint density at radius 2 is 1.71 bits per heavy atom. The van der Waals surface area contributed by atoms with Gasteiger partial charge in [-0.25, -0.2) is 0 Å². The minimum atomic E-state index is -1.47. The Morgan fingerprint density at radius 1 is 1.12 bits per heavy atom. The first-order chi connectivity index (χ1) is 10.8. The molecular formula is C20H34O4. The molecule has 0 spiro atoms. The number of hydrogen-bond acceptors (Lipinski definition) is 4.